The second kappa shape index (κ2) is 8.31. The first-order valence-corrected chi connectivity index (χ1v) is 8.44. The van der Waals surface area contributed by atoms with Crippen molar-refractivity contribution in [3.63, 3.8) is 0 Å². The van der Waals surface area contributed by atoms with Gasteiger partial charge in [-0.15, -0.1) is 0 Å². The number of oxazole rings is 1. The third-order valence-corrected chi connectivity index (χ3v) is 3.90. The smallest absolute Gasteiger partial charge is 0.344 e. The molecule has 3 rings (SSSR count). The van der Waals surface area contributed by atoms with Crippen molar-refractivity contribution in [2.24, 2.45) is 0 Å². The van der Waals surface area contributed by atoms with Crippen LogP contribution in [-0.2, 0) is 16.1 Å². The van der Waals surface area contributed by atoms with Gasteiger partial charge in [0.2, 0.25) is 5.89 Å². The number of nitrogens with zero attached hydrogens (tertiary/aromatic N) is 1. The Balaban J connectivity index is 1.52. The number of esters is 1. The lowest BCUT2D eigenvalue weighted by atomic mass is 10.1. The van der Waals surface area contributed by atoms with Crippen molar-refractivity contribution in [1.82, 2.24) is 4.98 Å². The zero-order valence-electron chi connectivity index (χ0n) is 15.1. The first kappa shape index (κ1) is 18.4. The van der Waals surface area contributed by atoms with Crippen molar-refractivity contribution in [2.75, 3.05) is 6.61 Å². The number of hydrogen-bond donors (Lipinski definition) is 0. The fourth-order valence-corrected chi connectivity index (χ4v) is 2.38. The molecule has 0 saturated heterocycles. The number of carbonyl (C=O) groups is 2. The highest BCUT2D eigenvalue weighted by molar-refractivity contribution is 5.94. The molecule has 0 N–H and O–H groups in total. The molecule has 0 amide bonds. The topological polar surface area (TPSA) is 78.6 Å². The van der Waals surface area contributed by atoms with Crippen LogP contribution in [0.25, 0.3) is 11.5 Å². The molecule has 2 aromatic carbocycles. The van der Waals surface area contributed by atoms with Crippen LogP contribution in [-0.4, -0.2) is 23.3 Å². The van der Waals surface area contributed by atoms with Gasteiger partial charge in [-0.1, -0.05) is 18.2 Å². The Hall–Kier alpha value is -3.41. The maximum Gasteiger partial charge on any atom is 0.344 e. The number of ketones is 1. The molecule has 0 bridgehead atoms. The summed E-state index contributed by atoms with van der Waals surface area (Å²) < 4.78 is 16.2. The van der Waals surface area contributed by atoms with Crippen molar-refractivity contribution in [3.8, 4) is 17.2 Å². The van der Waals surface area contributed by atoms with Crippen LogP contribution in [0.1, 0.15) is 28.7 Å². The number of hydrogen-bond acceptors (Lipinski definition) is 6. The average molecular weight is 365 g/mol. The predicted octanol–water partition coefficient (Wildman–Crippen LogP) is 3.97. The average Bonchev–Trinajstić information content (AvgIpc) is 3.06. The summed E-state index contributed by atoms with van der Waals surface area (Å²) in [5, 5.41) is 0. The van der Waals surface area contributed by atoms with Gasteiger partial charge in [0, 0.05) is 11.1 Å². The van der Waals surface area contributed by atoms with Gasteiger partial charge in [-0.25, -0.2) is 9.78 Å². The van der Waals surface area contributed by atoms with E-state index in [2.05, 4.69) is 4.98 Å². The molecule has 0 aliphatic carbocycles. The van der Waals surface area contributed by atoms with Crippen molar-refractivity contribution in [1.29, 1.82) is 0 Å². The Bertz CT molecular complexity index is 929. The van der Waals surface area contributed by atoms with E-state index in [9.17, 15) is 9.59 Å². The van der Waals surface area contributed by atoms with E-state index in [0.29, 0.717) is 28.7 Å². The minimum Gasteiger partial charge on any atom is -0.482 e. The van der Waals surface area contributed by atoms with Crippen LogP contribution in [0, 0.1) is 6.92 Å². The number of carbonyl (C=O) groups excluding carboxylic acids is 2. The summed E-state index contributed by atoms with van der Waals surface area (Å²) in [5.41, 5.74) is 2.00. The number of Topliss-reactive ketones (excluding diaryl/α,β-unsaturated/α-hetero) is 1. The van der Waals surface area contributed by atoms with Crippen molar-refractivity contribution >= 4 is 11.8 Å². The van der Waals surface area contributed by atoms with Crippen LogP contribution in [0.4, 0.5) is 0 Å². The Morgan fingerprint density at radius 3 is 2.41 bits per heavy atom. The molecule has 1 heterocycles. The van der Waals surface area contributed by atoms with E-state index in [1.807, 2.05) is 30.3 Å². The standard InChI is InChI=1S/C21H19NO5/c1-14(23)16-8-10-18(11-9-16)25-13-20(24)26-12-19-15(2)27-21(22-19)17-6-4-3-5-7-17/h3-11H,12-13H2,1-2H3. The first-order chi connectivity index (χ1) is 13.0. The van der Waals surface area contributed by atoms with Gasteiger partial charge in [0.15, 0.2) is 12.4 Å². The summed E-state index contributed by atoms with van der Waals surface area (Å²) in [4.78, 5) is 27.5. The fraction of sp³-hybridized carbons (Fsp3) is 0.190. The summed E-state index contributed by atoms with van der Waals surface area (Å²) in [6, 6.07) is 16.1. The highest BCUT2D eigenvalue weighted by atomic mass is 16.6. The SMILES string of the molecule is CC(=O)c1ccc(OCC(=O)OCc2nc(-c3ccccc3)oc2C)cc1. The van der Waals surface area contributed by atoms with Gasteiger partial charge >= 0.3 is 5.97 Å². The number of ether oxygens (including phenoxy) is 2. The summed E-state index contributed by atoms with van der Waals surface area (Å²) in [6.45, 7) is 3.04. The van der Waals surface area contributed by atoms with Crippen molar-refractivity contribution < 1.29 is 23.5 Å². The summed E-state index contributed by atoms with van der Waals surface area (Å²) >= 11 is 0. The van der Waals surface area contributed by atoms with E-state index >= 15 is 0 Å². The number of aryl methyl sites for hydroxylation is 1. The van der Waals surface area contributed by atoms with Crippen LogP contribution in [0.15, 0.2) is 59.0 Å². The maximum atomic E-state index is 11.9. The zero-order valence-corrected chi connectivity index (χ0v) is 15.1. The van der Waals surface area contributed by atoms with Gasteiger partial charge in [0.1, 0.15) is 23.8 Å². The second-order valence-corrected chi connectivity index (χ2v) is 5.92. The molecule has 0 saturated carbocycles. The zero-order chi connectivity index (χ0) is 19.2. The van der Waals surface area contributed by atoms with Crippen LogP contribution < -0.4 is 4.74 Å². The van der Waals surface area contributed by atoms with Crippen LogP contribution in [0.3, 0.4) is 0 Å². The molecule has 0 aliphatic heterocycles. The quantitative estimate of drug-likeness (QED) is 0.466. The minimum absolute atomic E-state index is 0.00757. The Kier molecular flexibility index (Phi) is 5.66. The van der Waals surface area contributed by atoms with Crippen LogP contribution >= 0.6 is 0 Å². The highest BCUT2D eigenvalue weighted by Gasteiger charge is 2.13. The molecule has 6 heteroatoms. The fourth-order valence-electron chi connectivity index (χ4n) is 2.38. The van der Waals surface area contributed by atoms with E-state index in [1.165, 1.54) is 6.92 Å². The monoisotopic (exact) mass is 365 g/mol. The summed E-state index contributed by atoms with van der Waals surface area (Å²) in [5.74, 6) is 1.03. The van der Waals surface area contributed by atoms with Gasteiger partial charge in [0.25, 0.3) is 0 Å². The Morgan fingerprint density at radius 2 is 1.74 bits per heavy atom. The summed E-state index contributed by atoms with van der Waals surface area (Å²) in [6.07, 6.45) is 0. The normalized spacial score (nSPS) is 10.4. The van der Waals surface area contributed by atoms with E-state index in [4.69, 9.17) is 13.9 Å². The third-order valence-electron chi connectivity index (χ3n) is 3.90. The van der Waals surface area contributed by atoms with Gasteiger partial charge < -0.3 is 13.9 Å². The lowest BCUT2D eigenvalue weighted by Crippen LogP contribution is -2.15. The highest BCUT2D eigenvalue weighted by Crippen LogP contribution is 2.21. The maximum absolute atomic E-state index is 11.9. The molecular weight excluding hydrogens is 346 g/mol. The van der Waals surface area contributed by atoms with Gasteiger partial charge in [-0.05, 0) is 50.2 Å². The van der Waals surface area contributed by atoms with Crippen LogP contribution in [0.2, 0.25) is 0 Å². The molecule has 0 radical (unpaired) electrons. The predicted molar refractivity (Wildman–Crippen MR) is 98.4 cm³/mol. The van der Waals surface area contributed by atoms with Crippen molar-refractivity contribution in [3.05, 3.63) is 71.6 Å². The first-order valence-electron chi connectivity index (χ1n) is 8.44. The third kappa shape index (κ3) is 4.82. The molecule has 0 spiro atoms. The largest absolute Gasteiger partial charge is 0.482 e. The molecule has 0 atom stereocenters. The van der Waals surface area contributed by atoms with E-state index in [0.717, 1.165) is 5.56 Å². The second-order valence-electron chi connectivity index (χ2n) is 5.92. The molecule has 27 heavy (non-hydrogen) atoms. The van der Waals surface area contributed by atoms with Gasteiger partial charge in [-0.2, -0.15) is 0 Å². The minimum atomic E-state index is -0.519. The number of aromatic nitrogens is 1. The molecule has 1 aromatic heterocycles. The summed E-state index contributed by atoms with van der Waals surface area (Å²) in [7, 11) is 0. The molecular formula is C21H19NO5. The van der Waals surface area contributed by atoms with Crippen LogP contribution in [0.5, 0.6) is 5.75 Å². The molecule has 0 unspecified atom stereocenters. The lowest BCUT2D eigenvalue weighted by Gasteiger charge is -2.06. The van der Waals surface area contributed by atoms with E-state index in [-0.39, 0.29) is 19.0 Å². The van der Waals surface area contributed by atoms with E-state index in [1.54, 1.807) is 31.2 Å². The van der Waals surface area contributed by atoms with E-state index < -0.39 is 5.97 Å². The van der Waals surface area contributed by atoms with Gasteiger partial charge in [0.05, 0.1) is 0 Å². The Morgan fingerprint density at radius 1 is 1.04 bits per heavy atom. The van der Waals surface area contributed by atoms with Gasteiger partial charge in [-0.3, -0.25) is 4.79 Å². The molecule has 0 aliphatic rings. The molecule has 0 fully saturated rings. The number of benzene rings is 2. The molecule has 138 valence electrons. The lowest BCUT2D eigenvalue weighted by molar-refractivity contribution is -0.147. The number of rotatable bonds is 7. The molecule has 6 nitrogen and oxygen atoms in total. The molecule has 3 aromatic rings. The van der Waals surface area contributed by atoms with Crippen molar-refractivity contribution in [2.45, 2.75) is 20.5 Å². The Labute approximate surface area is 156 Å².